The van der Waals surface area contributed by atoms with E-state index in [-0.39, 0.29) is 10.9 Å². The highest BCUT2D eigenvalue weighted by molar-refractivity contribution is 7.89. The van der Waals surface area contributed by atoms with Crippen molar-refractivity contribution in [3.8, 4) is 5.75 Å². The smallest absolute Gasteiger partial charge is 0.244 e. The Morgan fingerprint density at radius 2 is 2.12 bits per heavy atom. The third-order valence-electron chi connectivity index (χ3n) is 4.16. The molecule has 0 aromatic heterocycles. The largest absolute Gasteiger partial charge is 0.490 e. The molecule has 134 valence electrons. The second-order valence-corrected chi connectivity index (χ2v) is 7.91. The van der Waals surface area contributed by atoms with Crippen LogP contribution in [0.3, 0.4) is 0 Å². The normalized spacial score (nSPS) is 23.8. The van der Waals surface area contributed by atoms with E-state index in [1.165, 1.54) is 0 Å². The number of anilines is 1. The van der Waals surface area contributed by atoms with Crippen molar-refractivity contribution in [3.05, 3.63) is 18.2 Å². The second kappa shape index (κ2) is 7.69. The van der Waals surface area contributed by atoms with Crippen molar-refractivity contribution in [2.75, 3.05) is 51.3 Å². The predicted molar refractivity (Wildman–Crippen MR) is 92.1 cm³/mol. The number of morpholine rings is 1. The summed E-state index contributed by atoms with van der Waals surface area (Å²) in [7, 11) is -3.51. The maximum atomic E-state index is 12.2. The second-order valence-electron chi connectivity index (χ2n) is 6.23. The van der Waals surface area contributed by atoms with E-state index >= 15 is 0 Å². The summed E-state index contributed by atoms with van der Waals surface area (Å²) in [5.41, 5.74) is 0.875. The van der Waals surface area contributed by atoms with Crippen LogP contribution >= 0.6 is 0 Å². The summed E-state index contributed by atoms with van der Waals surface area (Å²) in [6.07, 6.45) is 1.02. The van der Waals surface area contributed by atoms with Crippen LogP contribution in [-0.2, 0) is 14.8 Å². The van der Waals surface area contributed by atoms with Gasteiger partial charge in [-0.25, -0.2) is 13.1 Å². The van der Waals surface area contributed by atoms with E-state index in [1.807, 2.05) is 0 Å². The highest BCUT2D eigenvalue weighted by Crippen LogP contribution is 2.29. The van der Waals surface area contributed by atoms with E-state index in [2.05, 4.69) is 14.9 Å². The standard InChI is InChI=1S/C16H25N3O4S/c1-13-12-23-15-11-14(3-4-16(15)24(20,21)18-13)17-5-2-6-19-7-9-22-10-8-19/h3-4,11,13,17-18H,2,5-10,12H2,1H3/t13-/m1/s1. The zero-order valence-corrected chi connectivity index (χ0v) is 14.8. The fraction of sp³-hybridized carbons (Fsp3) is 0.625. The van der Waals surface area contributed by atoms with E-state index in [9.17, 15) is 8.42 Å². The number of sulfonamides is 1. The molecule has 2 aliphatic heterocycles. The minimum atomic E-state index is -3.51. The van der Waals surface area contributed by atoms with Gasteiger partial charge < -0.3 is 14.8 Å². The van der Waals surface area contributed by atoms with Crippen molar-refractivity contribution < 1.29 is 17.9 Å². The molecule has 3 rings (SSSR count). The van der Waals surface area contributed by atoms with Crippen LogP contribution in [0.1, 0.15) is 13.3 Å². The van der Waals surface area contributed by atoms with Gasteiger partial charge in [0, 0.05) is 31.4 Å². The number of ether oxygens (including phenoxy) is 2. The van der Waals surface area contributed by atoms with E-state index in [1.54, 1.807) is 25.1 Å². The summed E-state index contributed by atoms with van der Waals surface area (Å²) < 4.78 is 38.0. The highest BCUT2D eigenvalue weighted by atomic mass is 32.2. The van der Waals surface area contributed by atoms with Crippen molar-refractivity contribution in [2.45, 2.75) is 24.3 Å². The molecule has 2 N–H and O–H groups in total. The van der Waals surface area contributed by atoms with Crippen LogP contribution in [0.5, 0.6) is 5.75 Å². The van der Waals surface area contributed by atoms with Crippen molar-refractivity contribution in [2.24, 2.45) is 0 Å². The first-order valence-corrected chi connectivity index (χ1v) is 9.86. The van der Waals surface area contributed by atoms with Gasteiger partial charge in [-0.3, -0.25) is 4.90 Å². The Kier molecular flexibility index (Phi) is 5.60. The van der Waals surface area contributed by atoms with Gasteiger partial charge in [-0.2, -0.15) is 0 Å². The van der Waals surface area contributed by atoms with Crippen molar-refractivity contribution in [1.82, 2.24) is 9.62 Å². The fourth-order valence-corrected chi connectivity index (χ4v) is 4.24. The van der Waals surface area contributed by atoms with Crippen LogP contribution < -0.4 is 14.8 Å². The Morgan fingerprint density at radius 1 is 1.33 bits per heavy atom. The van der Waals surface area contributed by atoms with Gasteiger partial charge in [-0.1, -0.05) is 0 Å². The van der Waals surface area contributed by atoms with Gasteiger partial charge in [0.1, 0.15) is 17.3 Å². The molecule has 8 heteroatoms. The summed E-state index contributed by atoms with van der Waals surface area (Å²) in [5, 5.41) is 3.34. The lowest BCUT2D eigenvalue weighted by Crippen LogP contribution is -2.37. The maximum absolute atomic E-state index is 12.2. The molecule has 1 atom stereocenters. The van der Waals surface area contributed by atoms with Crippen LogP contribution in [0.2, 0.25) is 0 Å². The molecule has 1 aromatic rings. The predicted octanol–water partition coefficient (Wildman–Crippen LogP) is 0.880. The summed E-state index contributed by atoms with van der Waals surface area (Å²) in [5.74, 6) is 0.407. The first-order chi connectivity index (χ1) is 11.5. The average molecular weight is 355 g/mol. The third-order valence-corrected chi connectivity index (χ3v) is 5.79. The number of hydrogen-bond donors (Lipinski definition) is 2. The minimum Gasteiger partial charge on any atom is -0.490 e. The number of fused-ring (bicyclic) bond motifs is 1. The molecule has 2 heterocycles. The summed E-state index contributed by atoms with van der Waals surface area (Å²) in [6.45, 7) is 7.60. The fourth-order valence-electron chi connectivity index (χ4n) is 2.89. The Hall–Kier alpha value is -1.35. The van der Waals surface area contributed by atoms with Gasteiger partial charge in [-0.05, 0) is 32.0 Å². The molecule has 0 radical (unpaired) electrons. The van der Waals surface area contributed by atoms with Gasteiger partial charge in [0.15, 0.2) is 0 Å². The van der Waals surface area contributed by atoms with Crippen LogP contribution in [-0.4, -0.2) is 65.4 Å². The Labute approximate surface area is 143 Å². The van der Waals surface area contributed by atoms with Gasteiger partial charge >= 0.3 is 0 Å². The van der Waals surface area contributed by atoms with Gasteiger partial charge in [0.25, 0.3) is 0 Å². The Balaban J connectivity index is 1.56. The molecule has 0 aliphatic carbocycles. The number of rotatable bonds is 5. The van der Waals surface area contributed by atoms with Crippen molar-refractivity contribution in [3.63, 3.8) is 0 Å². The van der Waals surface area contributed by atoms with Gasteiger partial charge in [0.2, 0.25) is 10.0 Å². The number of hydrogen-bond acceptors (Lipinski definition) is 6. The van der Waals surface area contributed by atoms with Crippen molar-refractivity contribution in [1.29, 1.82) is 0 Å². The molecule has 1 saturated heterocycles. The van der Waals surface area contributed by atoms with Gasteiger partial charge in [-0.15, -0.1) is 0 Å². The first kappa shape index (κ1) is 17.5. The lowest BCUT2D eigenvalue weighted by Gasteiger charge is -2.26. The van der Waals surface area contributed by atoms with E-state index in [0.717, 1.165) is 51.5 Å². The monoisotopic (exact) mass is 355 g/mol. The Morgan fingerprint density at radius 3 is 2.92 bits per heavy atom. The summed E-state index contributed by atoms with van der Waals surface area (Å²) in [6, 6.07) is 4.90. The van der Waals surface area contributed by atoms with Crippen molar-refractivity contribution >= 4 is 15.7 Å². The van der Waals surface area contributed by atoms with E-state index < -0.39 is 10.0 Å². The molecule has 1 fully saturated rings. The maximum Gasteiger partial charge on any atom is 0.244 e. The molecular weight excluding hydrogens is 330 g/mol. The molecule has 0 bridgehead atoms. The first-order valence-electron chi connectivity index (χ1n) is 8.38. The minimum absolute atomic E-state index is 0.200. The lowest BCUT2D eigenvalue weighted by molar-refractivity contribution is 0.0378. The molecule has 0 amide bonds. The summed E-state index contributed by atoms with van der Waals surface area (Å²) in [4.78, 5) is 2.59. The average Bonchev–Trinajstić information content (AvgIpc) is 2.68. The third kappa shape index (κ3) is 4.38. The molecule has 7 nitrogen and oxygen atoms in total. The lowest BCUT2D eigenvalue weighted by atomic mass is 10.2. The van der Waals surface area contributed by atoms with E-state index in [0.29, 0.717) is 12.4 Å². The molecule has 1 aromatic carbocycles. The zero-order valence-electron chi connectivity index (χ0n) is 14.0. The SMILES string of the molecule is C[C@@H]1COc2cc(NCCCN3CCOCC3)ccc2S(=O)(=O)N1. The topological polar surface area (TPSA) is 79.9 Å². The molecular formula is C16H25N3O4S. The Bertz CT molecular complexity index is 659. The molecule has 24 heavy (non-hydrogen) atoms. The van der Waals surface area contributed by atoms with Crippen LogP contribution in [0.4, 0.5) is 5.69 Å². The molecule has 0 unspecified atom stereocenters. The number of nitrogens with one attached hydrogen (secondary N) is 2. The molecule has 2 aliphatic rings. The molecule has 0 spiro atoms. The quantitative estimate of drug-likeness (QED) is 0.764. The van der Waals surface area contributed by atoms with Crippen LogP contribution in [0.15, 0.2) is 23.1 Å². The van der Waals surface area contributed by atoms with Crippen LogP contribution in [0, 0.1) is 0 Å². The number of nitrogens with zero attached hydrogens (tertiary/aromatic N) is 1. The number of benzene rings is 1. The zero-order chi connectivity index (χ0) is 17.0. The van der Waals surface area contributed by atoms with E-state index in [4.69, 9.17) is 9.47 Å². The van der Waals surface area contributed by atoms with Gasteiger partial charge in [0.05, 0.1) is 19.3 Å². The highest BCUT2D eigenvalue weighted by Gasteiger charge is 2.26. The summed E-state index contributed by atoms with van der Waals surface area (Å²) >= 11 is 0. The molecule has 0 saturated carbocycles. The van der Waals surface area contributed by atoms with Crippen LogP contribution in [0.25, 0.3) is 0 Å².